The summed E-state index contributed by atoms with van der Waals surface area (Å²) in [4.78, 5) is 35.2. The second-order valence-electron chi connectivity index (χ2n) is 4.15. The average Bonchev–Trinajstić information content (AvgIpc) is 2.44. The minimum absolute atomic E-state index is 0.355. The van der Waals surface area contributed by atoms with Crippen LogP contribution in [0.4, 0.5) is 4.79 Å². The van der Waals surface area contributed by atoms with Gasteiger partial charge in [0.1, 0.15) is 12.1 Å². The summed E-state index contributed by atoms with van der Waals surface area (Å²) in [6.07, 6.45) is 1.41. The molecule has 2 aliphatic rings. The van der Waals surface area contributed by atoms with Gasteiger partial charge in [-0.25, -0.2) is 4.79 Å². The van der Waals surface area contributed by atoms with Gasteiger partial charge in [0.05, 0.1) is 0 Å². The number of nitrogens with zero attached hydrogens (tertiary/aromatic N) is 1. The molecule has 2 fully saturated rings. The van der Waals surface area contributed by atoms with Crippen molar-refractivity contribution in [3.63, 3.8) is 0 Å². The van der Waals surface area contributed by atoms with E-state index in [0.29, 0.717) is 13.0 Å². The van der Waals surface area contributed by atoms with Crippen LogP contribution in [0.5, 0.6) is 0 Å². The third-order valence-corrected chi connectivity index (χ3v) is 2.94. The molecule has 7 nitrogen and oxygen atoms in total. The molecule has 0 saturated carbocycles. The van der Waals surface area contributed by atoms with Gasteiger partial charge < -0.3 is 16.4 Å². The minimum Gasteiger partial charge on any atom is -0.368 e. The van der Waals surface area contributed by atoms with E-state index < -0.39 is 17.5 Å². The number of piperidine rings is 1. The Morgan fingerprint density at radius 3 is 2.81 bits per heavy atom. The van der Waals surface area contributed by atoms with Crippen molar-refractivity contribution in [1.82, 2.24) is 15.5 Å². The van der Waals surface area contributed by atoms with E-state index in [0.717, 1.165) is 17.9 Å². The van der Waals surface area contributed by atoms with Crippen molar-refractivity contribution in [3.8, 4) is 0 Å². The third-order valence-electron chi connectivity index (χ3n) is 2.94. The lowest BCUT2D eigenvalue weighted by atomic mass is 9.90. The van der Waals surface area contributed by atoms with Crippen molar-refractivity contribution < 1.29 is 14.4 Å². The molecule has 4 N–H and O–H groups in total. The predicted octanol–water partition coefficient (Wildman–Crippen LogP) is -1.85. The van der Waals surface area contributed by atoms with E-state index in [1.807, 2.05) is 0 Å². The van der Waals surface area contributed by atoms with Gasteiger partial charge in [0.25, 0.3) is 5.91 Å². The van der Waals surface area contributed by atoms with Gasteiger partial charge in [-0.2, -0.15) is 0 Å². The second kappa shape index (κ2) is 3.75. The van der Waals surface area contributed by atoms with Crippen molar-refractivity contribution in [2.75, 3.05) is 19.6 Å². The Morgan fingerprint density at radius 2 is 2.25 bits per heavy atom. The van der Waals surface area contributed by atoms with Crippen LogP contribution in [0.25, 0.3) is 0 Å². The molecule has 88 valence electrons. The van der Waals surface area contributed by atoms with Crippen LogP contribution in [-0.2, 0) is 9.59 Å². The first-order valence-corrected chi connectivity index (χ1v) is 5.18. The van der Waals surface area contributed by atoms with Gasteiger partial charge in [-0.1, -0.05) is 0 Å². The summed E-state index contributed by atoms with van der Waals surface area (Å²) in [6.45, 7) is 0.889. The third kappa shape index (κ3) is 1.63. The van der Waals surface area contributed by atoms with Crippen LogP contribution < -0.4 is 16.4 Å². The molecule has 0 aromatic carbocycles. The fourth-order valence-corrected chi connectivity index (χ4v) is 2.17. The first kappa shape index (κ1) is 10.9. The zero-order chi connectivity index (χ0) is 11.8. The number of amides is 4. The molecule has 0 aromatic rings. The lowest BCUT2D eigenvalue weighted by Gasteiger charge is -2.31. The Morgan fingerprint density at radius 1 is 1.50 bits per heavy atom. The number of urea groups is 1. The van der Waals surface area contributed by atoms with Crippen molar-refractivity contribution in [1.29, 1.82) is 0 Å². The molecule has 2 saturated heterocycles. The maximum absolute atomic E-state index is 12.0. The van der Waals surface area contributed by atoms with Crippen LogP contribution in [0.1, 0.15) is 12.8 Å². The Hall–Kier alpha value is -1.63. The van der Waals surface area contributed by atoms with Gasteiger partial charge in [0, 0.05) is 6.54 Å². The highest BCUT2D eigenvalue weighted by Crippen LogP contribution is 2.24. The lowest BCUT2D eigenvalue weighted by Crippen LogP contribution is -2.57. The van der Waals surface area contributed by atoms with E-state index in [1.54, 1.807) is 0 Å². The fourth-order valence-electron chi connectivity index (χ4n) is 2.17. The SMILES string of the molecule is NC(=O)CN1C(=O)NC2(CCCNC2)C1=O. The number of nitrogens with one attached hydrogen (secondary N) is 2. The molecular formula is C9H14N4O3. The Bertz CT molecular complexity index is 349. The number of rotatable bonds is 2. The highest BCUT2D eigenvalue weighted by Gasteiger charge is 2.51. The number of carbonyl (C=O) groups excluding carboxylic acids is 3. The number of carbonyl (C=O) groups is 3. The number of hydrogen-bond acceptors (Lipinski definition) is 4. The van der Waals surface area contributed by atoms with Crippen LogP contribution in [0.2, 0.25) is 0 Å². The topological polar surface area (TPSA) is 105 Å². The molecule has 1 unspecified atom stereocenters. The predicted molar refractivity (Wildman–Crippen MR) is 54.3 cm³/mol. The summed E-state index contributed by atoms with van der Waals surface area (Å²) in [6, 6.07) is -0.535. The van der Waals surface area contributed by atoms with E-state index in [1.165, 1.54) is 0 Å². The van der Waals surface area contributed by atoms with Crippen molar-refractivity contribution >= 4 is 17.8 Å². The lowest BCUT2D eigenvalue weighted by molar-refractivity contribution is -0.134. The standard InChI is InChI=1S/C9H14N4O3/c10-6(14)4-13-7(15)9(12-8(13)16)2-1-3-11-5-9/h11H,1-5H2,(H2,10,14)(H,12,16). The highest BCUT2D eigenvalue weighted by atomic mass is 16.2. The molecule has 0 radical (unpaired) electrons. The molecule has 2 aliphatic heterocycles. The summed E-state index contributed by atoms with van der Waals surface area (Å²) in [5.74, 6) is -1.05. The summed E-state index contributed by atoms with van der Waals surface area (Å²) < 4.78 is 0. The van der Waals surface area contributed by atoms with E-state index in [4.69, 9.17) is 5.73 Å². The van der Waals surface area contributed by atoms with E-state index in [2.05, 4.69) is 10.6 Å². The summed E-state index contributed by atoms with van der Waals surface area (Å²) >= 11 is 0. The zero-order valence-electron chi connectivity index (χ0n) is 8.78. The molecule has 2 heterocycles. The van der Waals surface area contributed by atoms with Gasteiger partial charge in [-0.15, -0.1) is 0 Å². The molecular weight excluding hydrogens is 212 g/mol. The van der Waals surface area contributed by atoms with Crippen molar-refractivity contribution in [2.45, 2.75) is 18.4 Å². The minimum atomic E-state index is -0.870. The Balaban J connectivity index is 2.17. The average molecular weight is 226 g/mol. The number of hydrogen-bond donors (Lipinski definition) is 3. The van der Waals surface area contributed by atoms with E-state index in [9.17, 15) is 14.4 Å². The number of primary amides is 1. The molecule has 0 aromatic heterocycles. The van der Waals surface area contributed by atoms with Crippen molar-refractivity contribution in [3.05, 3.63) is 0 Å². The smallest absolute Gasteiger partial charge is 0.325 e. The van der Waals surface area contributed by atoms with Crippen LogP contribution in [0.3, 0.4) is 0 Å². The number of nitrogens with two attached hydrogens (primary N) is 1. The molecule has 0 aliphatic carbocycles. The molecule has 1 atom stereocenters. The van der Waals surface area contributed by atoms with Crippen LogP contribution >= 0.6 is 0 Å². The van der Waals surface area contributed by atoms with Crippen LogP contribution in [0, 0.1) is 0 Å². The van der Waals surface area contributed by atoms with Crippen molar-refractivity contribution in [2.24, 2.45) is 5.73 Å². The van der Waals surface area contributed by atoms with Gasteiger partial charge in [-0.3, -0.25) is 14.5 Å². The quantitative estimate of drug-likeness (QED) is 0.480. The van der Waals surface area contributed by atoms with Crippen LogP contribution in [-0.4, -0.2) is 47.9 Å². The van der Waals surface area contributed by atoms with E-state index in [-0.39, 0.29) is 12.5 Å². The molecule has 4 amide bonds. The Kier molecular flexibility index (Phi) is 2.55. The van der Waals surface area contributed by atoms with E-state index >= 15 is 0 Å². The summed E-state index contributed by atoms with van der Waals surface area (Å²) in [7, 11) is 0. The van der Waals surface area contributed by atoms with Crippen LogP contribution in [0.15, 0.2) is 0 Å². The maximum atomic E-state index is 12.0. The first-order chi connectivity index (χ1) is 7.55. The molecule has 0 bridgehead atoms. The summed E-state index contributed by atoms with van der Waals surface area (Å²) in [5, 5.41) is 5.71. The first-order valence-electron chi connectivity index (χ1n) is 5.18. The fraction of sp³-hybridized carbons (Fsp3) is 0.667. The molecule has 2 rings (SSSR count). The summed E-state index contributed by atoms with van der Waals surface area (Å²) in [5.41, 5.74) is 4.12. The largest absolute Gasteiger partial charge is 0.368 e. The van der Waals surface area contributed by atoms with Gasteiger partial charge in [0.15, 0.2) is 0 Å². The molecule has 7 heteroatoms. The molecule has 1 spiro atoms. The zero-order valence-corrected chi connectivity index (χ0v) is 8.78. The Labute approximate surface area is 92.3 Å². The number of imide groups is 1. The van der Waals surface area contributed by atoms with Gasteiger partial charge in [0.2, 0.25) is 5.91 Å². The molecule has 16 heavy (non-hydrogen) atoms. The van der Waals surface area contributed by atoms with Gasteiger partial charge in [-0.05, 0) is 19.4 Å². The van der Waals surface area contributed by atoms with Gasteiger partial charge >= 0.3 is 6.03 Å². The monoisotopic (exact) mass is 226 g/mol. The normalized spacial score (nSPS) is 29.6. The highest BCUT2D eigenvalue weighted by molar-refractivity contribution is 6.09. The second-order valence-corrected chi connectivity index (χ2v) is 4.15. The maximum Gasteiger partial charge on any atom is 0.325 e.